The molecule has 0 saturated heterocycles. The van der Waals surface area contributed by atoms with Crippen molar-refractivity contribution in [3.63, 3.8) is 0 Å². The largest absolute Gasteiger partial charge is 0.303 e. The summed E-state index contributed by atoms with van der Waals surface area (Å²) < 4.78 is 0. The van der Waals surface area contributed by atoms with Crippen LogP contribution in [0.2, 0.25) is 0 Å². The maximum absolute atomic E-state index is 10.2. The summed E-state index contributed by atoms with van der Waals surface area (Å²) in [7, 11) is 0. The van der Waals surface area contributed by atoms with Gasteiger partial charge in [-0.25, -0.2) is 0 Å². The van der Waals surface area contributed by atoms with E-state index >= 15 is 0 Å². The van der Waals surface area contributed by atoms with E-state index in [9.17, 15) is 4.79 Å². The monoisotopic (exact) mass is 173 g/mol. The van der Waals surface area contributed by atoms with Gasteiger partial charge < -0.3 is 4.79 Å². The van der Waals surface area contributed by atoms with E-state index < -0.39 is 5.38 Å². The Labute approximate surface area is 72.2 Å². The van der Waals surface area contributed by atoms with Crippen LogP contribution in [-0.4, -0.2) is 11.7 Å². The van der Waals surface area contributed by atoms with E-state index in [0.29, 0.717) is 12.8 Å². The summed E-state index contributed by atoms with van der Waals surface area (Å²) in [4.78, 5) is 10.2. The van der Waals surface area contributed by atoms with Crippen molar-refractivity contribution in [2.45, 2.75) is 32.1 Å². The van der Waals surface area contributed by atoms with Gasteiger partial charge in [0.2, 0.25) is 0 Å². The maximum Gasteiger partial charge on any atom is 0.121 e. The van der Waals surface area contributed by atoms with Gasteiger partial charge in [-0.2, -0.15) is 5.26 Å². The number of aldehydes is 1. The van der Waals surface area contributed by atoms with Gasteiger partial charge in [0.05, 0.1) is 6.07 Å². The van der Waals surface area contributed by atoms with Crippen LogP contribution in [0.25, 0.3) is 0 Å². The summed E-state index contributed by atoms with van der Waals surface area (Å²) in [6.07, 6.45) is 1.88. The molecule has 0 radical (unpaired) electrons. The molecule has 0 heterocycles. The van der Waals surface area contributed by atoms with Gasteiger partial charge in [-0.05, 0) is 11.8 Å². The van der Waals surface area contributed by atoms with Gasteiger partial charge in [0.1, 0.15) is 11.7 Å². The molecule has 0 aromatic rings. The van der Waals surface area contributed by atoms with Crippen LogP contribution in [0.1, 0.15) is 26.7 Å². The van der Waals surface area contributed by atoms with Crippen LogP contribution < -0.4 is 0 Å². The lowest BCUT2D eigenvalue weighted by molar-refractivity contribution is -0.109. The highest BCUT2D eigenvalue weighted by molar-refractivity contribution is 6.22. The second-order valence-corrected chi connectivity index (χ2v) is 3.86. The van der Waals surface area contributed by atoms with Crippen molar-refractivity contribution in [1.82, 2.24) is 0 Å². The highest BCUT2D eigenvalue weighted by Crippen LogP contribution is 2.27. The van der Waals surface area contributed by atoms with Crippen LogP contribution in [-0.2, 0) is 4.79 Å². The van der Waals surface area contributed by atoms with Crippen molar-refractivity contribution in [3.8, 4) is 6.07 Å². The molecule has 0 aromatic heterocycles. The fourth-order valence-electron chi connectivity index (χ4n) is 0.840. The van der Waals surface area contributed by atoms with Crippen LogP contribution in [0.3, 0.4) is 0 Å². The van der Waals surface area contributed by atoms with Crippen LogP contribution >= 0.6 is 11.6 Å². The SMILES string of the molecule is CC(C)(CC=O)CC(Cl)C#N. The summed E-state index contributed by atoms with van der Waals surface area (Å²) in [5.74, 6) is 0. The summed E-state index contributed by atoms with van der Waals surface area (Å²) in [5.41, 5.74) is -0.149. The highest BCUT2D eigenvalue weighted by Gasteiger charge is 2.21. The topological polar surface area (TPSA) is 40.9 Å². The Hall–Kier alpha value is -0.550. The Morgan fingerprint density at radius 2 is 2.27 bits per heavy atom. The van der Waals surface area contributed by atoms with E-state index in [1.807, 2.05) is 19.9 Å². The molecular weight excluding hydrogens is 162 g/mol. The molecule has 1 unspecified atom stereocenters. The van der Waals surface area contributed by atoms with E-state index in [1.54, 1.807) is 0 Å². The molecule has 11 heavy (non-hydrogen) atoms. The first kappa shape index (κ1) is 10.4. The first-order valence-electron chi connectivity index (χ1n) is 3.49. The molecule has 0 aliphatic carbocycles. The van der Waals surface area contributed by atoms with Crippen molar-refractivity contribution in [3.05, 3.63) is 0 Å². The summed E-state index contributed by atoms with van der Waals surface area (Å²) >= 11 is 5.61. The molecule has 1 atom stereocenters. The number of hydrogen-bond acceptors (Lipinski definition) is 2. The lowest BCUT2D eigenvalue weighted by Gasteiger charge is -2.21. The number of alkyl halides is 1. The molecule has 3 heteroatoms. The minimum atomic E-state index is -0.482. The standard InChI is InChI=1S/C8H12ClNO/c1-8(2,3-4-11)5-7(9)6-10/h4,7H,3,5H2,1-2H3. The highest BCUT2D eigenvalue weighted by atomic mass is 35.5. The number of halogens is 1. The Kier molecular flexibility index (Phi) is 4.14. The number of hydrogen-bond donors (Lipinski definition) is 0. The molecule has 0 N–H and O–H groups in total. The van der Waals surface area contributed by atoms with Gasteiger partial charge in [0.15, 0.2) is 0 Å². The first-order chi connectivity index (χ1) is 5.02. The van der Waals surface area contributed by atoms with Crippen molar-refractivity contribution < 1.29 is 4.79 Å². The fraction of sp³-hybridized carbons (Fsp3) is 0.750. The number of rotatable bonds is 4. The number of nitrogens with zero attached hydrogens (tertiary/aromatic N) is 1. The van der Waals surface area contributed by atoms with Gasteiger partial charge in [0.25, 0.3) is 0 Å². The van der Waals surface area contributed by atoms with Crippen LogP contribution in [0.4, 0.5) is 0 Å². The van der Waals surface area contributed by atoms with E-state index in [4.69, 9.17) is 16.9 Å². The number of carbonyl (C=O) groups excluding carboxylic acids is 1. The number of nitriles is 1. The Balaban J connectivity index is 3.91. The van der Waals surface area contributed by atoms with Crippen LogP contribution in [0, 0.1) is 16.7 Å². The average molecular weight is 174 g/mol. The Morgan fingerprint density at radius 1 is 1.73 bits per heavy atom. The lowest BCUT2D eigenvalue weighted by Crippen LogP contribution is -2.16. The Morgan fingerprint density at radius 3 is 2.64 bits per heavy atom. The van der Waals surface area contributed by atoms with Gasteiger partial charge in [-0.1, -0.05) is 13.8 Å². The molecular formula is C8H12ClNO. The fourth-order valence-corrected chi connectivity index (χ4v) is 1.26. The zero-order valence-electron chi connectivity index (χ0n) is 6.80. The van der Waals surface area contributed by atoms with Gasteiger partial charge in [0, 0.05) is 6.42 Å². The van der Waals surface area contributed by atoms with Gasteiger partial charge >= 0.3 is 0 Å². The minimum Gasteiger partial charge on any atom is -0.303 e. The third kappa shape index (κ3) is 4.80. The molecule has 2 nitrogen and oxygen atoms in total. The zero-order valence-corrected chi connectivity index (χ0v) is 7.56. The third-order valence-corrected chi connectivity index (χ3v) is 1.76. The van der Waals surface area contributed by atoms with Crippen LogP contribution in [0.15, 0.2) is 0 Å². The number of carbonyl (C=O) groups is 1. The summed E-state index contributed by atoms with van der Waals surface area (Å²) in [6.45, 7) is 3.85. The average Bonchev–Trinajstić information content (AvgIpc) is 1.86. The normalized spacial score (nSPS) is 13.6. The molecule has 0 spiro atoms. The predicted octanol–water partition coefficient (Wildman–Crippen LogP) is 2.12. The Bertz CT molecular complexity index is 171. The van der Waals surface area contributed by atoms with E-state index in [0.717, 1.165) is 6.29 Å². The molecule has 0 saturated carbocycles. The molecule has 0 aromatic carbocycles. The molecule has 0 amide bonds. The summed E-state index contributed by atoms with van der Waals surface area (Å²) in [6, 6.07) is 1.93. The van der Waals surface area contributed by atoms with Crippen molar-refractivity contribution >= 4 is 17.9 Å². The predicted molar refractivity (Wildman–Crippen MR) is 44.3 cm³/mol. The zero-order chi connectivity index (χ0) is 8.91. The quantitative estimate of drug-likeness (QED) is 0.483. The van der Waals surface area contributed by atoms with Gasteiger partial charge in [-0.3, -0.25) is 0 Å². The minimum absolute atomic E-state index is 0.149. The first-order valence-corrected chi connectivity index (χ1v) is 3.93. The van der Waals surface area contributed by atoms with E-state index in [1.165, 1.54) is 0 Å². The smallest absolute Gasteiger partial charge is 0.121 e. The third-order valence-electron chi connectivity index (χ3n) is 1.51. The molecule has 0 rings (SSSR count). The lowest BCUT2D eigenvalue weighted by atomic mass is 9.85. The van der Waals surface area contributed by atoms with Gasteiger partial charge in [-0.15, -0.1) is 11.6 Å². The van der Waals surface area contributed by atoms with Crippen molar-refractivity contribution in [1.29, 1.82) is 5.26 Å². The van der Waals surface area contributed by atoms with Crippen LogP contribution in [0.5, 0.6) is 0 Å². The molecule has 62 valence electrons. The molecule has 0 aliphatic heterocycles. The molecule has 0 fully saturated rings. The van der Waals surface area contributed by atoms with E-state index in [2.05, 4.69) is 0 Å². The summed E-state index contributed by atoms with van der Waals surface area (Å²) in [5, 5.41) is 7.91. The maximum atomic E-state index is 10.2. The van der Waals surface area contributed by atoms with E-state index in [-0.39, 0.29) is 5.41 Å². The van der Waals surface area contributed by atoms with Crippen molar-refractivity contribution in [2.75, 3.05) is 0 Å². The molecule has 0 bridgehead atoms. The second-order valence-electron chi connectivity index (χ2n) is 3.34. The van der Waals surface area contributed by atoms with Crippen molar-refractivity contribution in [2.24, 2.45) is 5.41 Å². The molecule has 0 aliphatic rings. The second kappa shape index (κ2) is 4.35.